The van der Waals surface area contributed by atoms with E-state index in [0.717, 1.165) is 14.0 Å². The lowest BCUT2D eigenvalue weighted by Crippen LogP contribution is -1.99. The Labute approximate surface area is 111 Å². The first kappa shape index (κ1) is 11.8. The number of methoxy groups -OCH3 is 1. The normalized spacial score (nSPS) is 12.4. The number of halogens is 1. The molecular formula is C11H10INO2S. The van der Waals surface area contributed by atoms with Crippen LogP contribution in [0.25, 0.3) is 0 Å². The molecule has 0 fully saturated rings. The first-order valence-corrected chi connectivity index (χ1v) is 6.57. The van der Waals surface area contributed by atoms with Gasteiger partial charge in [0.1, 0.15) is 11.9 Å². The molecule has 16 heavy (non-hydrogen) atoms. The predicted octanol–water partition coefficient (Wildman–Crippen LogP) is 2.84. The summed E-state index contributed by atoms with van der Waals surface area (Å²) in [7, 11) is 1.58. The number of nitrogens with zero attached hydrogens (tertiary/aromatic N) is 1. The smallest absolute Gasteiger partial charge is 0.137 e. The quantitative estimate of drug-likeness (QED) is 0.869. The van der Waals surface area contributed by atoms with Crippen molar-refractivity contribution in [3.63, 3.8) is 0 Å². The zero-order chi connectivity index (χ0) is 11.5. The highest BCUT2D eigenvalue weighted by Gasteiger charge is 2.13. The number of hydrogen-bond donors (Lipinski definition) is 1. The molecule has 1 N–H and O–H groups in total. The molecule has 84 valence electrons. The zero-order valence-corrected chi connectivity index (χ0v) is 11.5. The minimum atomic E-state index is -0.637. The van der Waals surface area contributed by atoms with Gasteiger partial charge in [0.05, 0.1) is 16.2 Å². The topological polar surface area (TPSA) is 42.4 Å². The molecule has 3 nitrogen and oxygen atoms in total. The number of ether oxygens (including phenoxy) is 1. The van der Waals surface area contributed by atoms with Crippen LogP contribution in [0.15, 0.2) is 29.9 Å². The summed E-state index contributed by atoms with van der Waals surface area (Å²) in [4.78, 5) is 4.03. The molecular weight excluding hydrogens is 337 g/mol. The van der Waals surface area contributed by atoms with Crippen molar-refractivity contribution in [2.24, 2.45) is 0 Å². The van der Waals surface area contributed by atoms with Gasteiger partial charge < -0.3 is 9.84 Å². The van der Waals surface area contributed by atoms with Crippen LogP contribution in [0.5, 0.6) is 5.75 Å². The molecule has 0 amide bonds. The van der Waals surface area contributed by atoms with Gasteiger partial charge in [0.2, 0.25) is 0 Å². The first-order valence-electron chi connectivity index (χ1n) is 4.61. The number of hydrogen-bond acceptors (Lipinski definition) is 4. The molecule has 2 aromatic heterocycles. The van der Waals surface area contributed by atoms with E-state index in [9.17, 15) is 5.11 Å². The molecule has 0 saturated heterocycles. The van der Waals surface area contributed by atoms with Gasteiger partial charge in [0.25, 0.3) is 0 Å². The van der Waals surface area contributed by atoms with Crippen LogP contribution < -0.4 is 4.74 Å². The Balaban J connectivity index is 2.29. The second kappa shape index (κ2) is 5.11. The molecule has 1 atom stereocenters. The number of aliphatic hydroxyl groups is 1. The molecule has 0 spiro atoms. The fourth-order valence-electron chi connectivity index (χ4n) is 1.36. The van der Waals surface area contributed by atoms with Gasteiger partial charge in [0.15, 0.2) is 0 Å². The molecule has 0 aliphatic heterocycles. The third-order valence-electron chi connectivity index (χ3n) is 2.19. The second-order valence-electron chi connectivity index (χ2n) is 3.24. The van der Waals surface area contributed by atoms with Crippen LogP contribution in [0, 0.1) is 2.88 Å². The van der Waals surface area contributed by atoms with Crippen LogP contribution in [0.2, 0.25) is 0 Å². The maximum Gasteiger partial charge on any atom is 0.137 e. The number of aromatic nitrogens is 1. The Bertz CT molecular complexity index is 486. The zero-order valence-electron chi connectivity index (χ0n) is 8.55. The first-order chi connectivity index (χ1) is 7.70. The summed E-state index contributed by atoms with van der Waals surface area (Å²) in [6.45, 7) is 0. The number of aliphatic hydroxyl groups excluding tert-OH is 1. The largest absolute Gasteiger partial charge is 0.495 e. The number of thiophene rings is 1. The lowest BCUT2D eigenvalue weighted by molar-refractivity contribution is 0.219. The average Bonchev–Trinajstić information content (AvgIpc) is 2.75. The highest BCUT2D eigenvalue weighted by molar-refractivity contribution is 14.1. The SMILES string of the molecule is COc1cncc(C(O)c2csc(I)c2)c1. The molecule has 2 heterocycles. The third-order valence-corrected chi connectivity index (χ3v) is 4.00. The van der Waals surface area contributed by atoms with Crippen molar-refractivity contribution >= 4 is 33.9 Å². The molecule has 0 bridgehead atoms. The minimum absolute atomic E-state index is 0.637. The highest BCUT2D eigenvalue weighted by Crippen LogP contribution is 2.28. The van der Waals surface area contributed by atoms with E-state index in [1.54, 1.807) is 36.9 Å². The van der Waals surface area contributed by atoms with E-state index in [2.05, 4.69) is 27.6 Å². The van der Waals surface area contributed by atoms with E-state index < -0.39 is 6.10 Å². The van der Waals surface area contributed by atoms with Crippen molar-refractivity contribution in [1.29, 1.82) is 0 Å². The summed E-state index contributed by atoms with van der Waals surface area (Å²) in [5, 5.41) is 12.1. The Kier molecular flexibility index (Phi) is 3.78. The van der Waals surface area contributed by atoms with E-state index in [0.29, 0.717) is 5.75 Å². The fraction of sp³-hybridized carbons (Fsp3) is 0.182. The van der Waals surface area contributed by atoms with Crippen LogP contribution in [-0.4, -0.2) is 17.2 Å². The summed E-state index contributed by atoms with van der Waals surface area (Å²) < 4.78 is 6.23. The second-order valence-corrected chi connectivity index (χ2v) is 6.05. The summed E-state index contributed by atoms with van der Waals surface area (Å²) in [6, 6.07) is 3.76. The van der Waals surface area contributed by atoms with Gasteiger partial charge in [-0.25, -0.2) is 0 Å². The Morgan fingerprint density at radius 2 is 2.19 bits per heavy atom. The van der Waals surface area contributed by atoms with Gasteiger partial charge in [-0.2, -0.15) is 0 Å². The molecule has 0 saturated carbocycles. The van der Waals surface area contributed by atoms with Gasteiger partial charge in [-0.3, -0.25) is 4.98 Å². The van der Waals surface area contributed by atoms with Crippen LogP contribution >= 0.6 is 33.9 Å². The Morgan fingerprint density at radius 3 is 2.81 bits per heavy atom. The monoisotopic (exact) mass is 347 g/mol. The van der Waals surface area contributed by atoms with E-state index in [1.807, 2.05) is 11.4 Å². The third kappa shape index (κ3) is 2.53. The molecule has 0 aliphatic carbocycles. The molecule has 2 rings (SSSR count). The van der Waals surface area contributed by atoms with Crippen LogP contribution in [0.3, 0.4) is 0 Å². The van der Waals surface area contributed by atoms with Crippen molar-refractivity contribution in [3.8, 4) is 5.75 Å². The van der Waals surface area contributed by atoms with Crippen molar-refractivity contribution < 1.29 is 9.84 Å². The van der Waals surface area contributed by atoms with Gasteiger partial charge in [-0.05, 0) is 45.7 Å². The van der Waals surface area contributed by atoms with Gasteiger partial charge >= 0.3 is 0 Å². The van der Waals surface area contributed by atoms with Crippen LogP contribution in [0.1, 0.15) is 17.2 Å². The summed E-state index contributed by atoms with van der Waals surface area (Å²) in [5.41, 5.74) is 1.64. The summed E-state index contributed by atoms with van der Waals surface area (Å²) in [6.07, 6.45) is 2.63. The molecule has 1 unspecified atom stereocenters. The summed E-state index contributed by atoms with van der Waals surface area (Å²) in [5.74, 6) is 0.654. The molecule has 2 aromatic rings. The lowest BCUT2D eigenvalue weighted by atomic mass is 10.1. The molecule has 5 heteroatoms. The van der Waals surface area contributed by atoms with E-state index >= 15 is 0 Å². The Hall–Kier alpha value is -0.660. The maximum absolute atomic E-state index is 10.1. The highest BCUT2D eigenvalue weighted by atomic mass is 127. The average molecular weight is 347 g/mol. The molecule has 0 aliphatic rings. The van der Waals surface area contributed by atoms with Crippen LogP contribution in [0.4, 0.5) is 0 Å². The van der Waals surface area contributed by atoms with E-state index in [-0.39, 0.29) is 0 Å². The van der Waals surface area contributed by atoms with E-state index in [4.69, 9.17) is 4.74 Å². The number of pyridine rings is 1. The predicted molar refractivity (Wildman–Crippen MR) is 71.9 cm³/mol. The van der Waals surface area contributed by atoms with Gasteiger partial charge in [-0.15, -0.1) is 11.3 Å². The van der Waals surface area contributed by atoms with Crippen molar-refractivity contribution in [2.75, 3.05) is 7.11 Å². The lowest BCUT2D eigenvalue weighted by Gasteiger charge is -2.09. The van der Waals surface area contributed by atoms with E-state index in [1.165, 1.54) is 0 Å². The fourth-order valence-corrected chi connectivity index (χ4v) is 2.75. The standard InChI is InChI=1S/C11H10INO2S/c1-15-9-2-7(4-13-5-9)11(14)8-3-10(12)16-6-8/h2-6,11,14H,1H3. The molecule has 0 radical (unpaired) electrons. The van der Waals surface area contributed by atoms with Crippen molar-refractivity contribution in [2.45, 2.75) is 6.10 Å². The number of rotatable bonds is 3. The Morgan fingerprint density at radius 1 is 1.38 bits per heavy atom. The minimum Gasteiger partial charge on any atom is -0.495 e. The van der Waals surface area contributed by atoms with Crippen molar-refractivity contribution in [1.82, 2.24) is 4.98 Å². The van der Waals surface area contributed by atoms with Crippen molar-refractivity contribution in [3.05, 3.63) is 43.9 Å². The van der Waals surface area contributed by atoms with Crippen LogP contribution in [-0.2, 0) is 0 Å². The molecule has 0 aromatic carbocycles. The van der Waals surface area contributed by atoms with Gasteiger partial charge in [0, 0.05) is 11.8 Å². The maximum atomic E-state index is 10.1. The summed E-state index contributed by atoms with van der Waals surface area (Å²) >= 11 is 3.85. The van der Waals surface area contributed by atoms with Gasteiger partial charge in [-0.1, -0.05) is 0 Å².